The zero-order valence-corrected chi connectivity index (χ0v) is 12.7. The number of hydrogen-bond acceptors (Lipinski definition) is 5. The normalized spacial score (nSPS) is 31.9. The van der Waals surface area contributed by atoms with Crippen LogP contribution in [0.4, 0.5) is 0 Å². The lowest BCUT2D eigenvalue weighted by molar-refractivity contribution is -0.152. The molecule has 0 spiro atoms. The Morgan fingerprint density at radius 1 is 1.27 bits per heavy atom. The molecule has 1 aromatic carbocycles. The fraction of sp³-hybridized carbons (Fsp3) is 0.500. The third-order valence-electron chi connectivity index (χ3n) is 4.27. The van der Waals surface area contributed by atoms with E-state index in [4.69, 9.17) is 8.85 Å². The molecule has 6 heteroatoms. The van der Waals surface area contributed by atoms with Gasteiger partial charge in [-0.15, -0.1) is 12.4 Å². The summed E-state index contributed by atoms with van der Waals surface area (Å²) in [5.41, 5.74) is 0.395. The van der Waals surface area contributed by atoms with Crippen molar-refractivity contribution >= 4 is 24.3 Å². The van der Waals surface area contributed by atoms with E-state index in [2.05, 4.69) is 10.1 Å². The third kappa shape index (κ3) is 3.25. The molecule has 1 N–H and O–H groups in total. The topological polar surface area (TPSA) is 64.6 Å². The molecule has 0 saturated carbocycles. The Morgan fingerprint density at radius 2 is 2.05 bits per heavy atom. The number of benzene rings is 1. The van der Waals surface area contributed by atoms with Crippen LogP contribution in [0, 0.1) is 5.92 Å². The molecule has 2 heterocycles. The molecule has 0 aliphatic carbocycles. The molecule has 5 nitrogen and oxygen atoms in total. The van der Waals surface area contributed by atoms with Crippen molar-refractivity contribution in [3.63, 3.8) is 0 Å². The maximum atomic E-state index is 12.3. The zero-order chi connectivity index (χ0) is 17.3. The molecule has 120 valence electrons. The molecule has 3 rings (SSSR count). The van der Waals surface area contributed by atoms with Gasteiger partial charge in [-0.25, -0.2) is 4.79 Å². The first-order chi connectivity index (χ1) is 11.3. The number of carbonyl (C=O) groups is 2. The molecule has 1 aromatic rings. The van der Waals surface area contributed by atoms with Crippen LogP contribution < -0.4 is 5.32 Å². The summed E-state index contributed by atoms with van der Waals surface area (Å²) in [5, 5.41) is 3.27. The smallest absolute Gasteiger partial charge is 0.338 e. The fourth-order valence-electron chi connectivity index (χ4n) is 3.29. The van der Waals surface area contributed by atoms with Crippen LogP contribution in [0.3, 0.4) is 0 Å². The Hall–Kier alpha value is -1.59. The second-order valence-corrected chi connectivity index (χ2v) is 5.54. The number of hydrogen-bond donors (Lipinski definition) is 1. The van der Waals surface area contributed by atoms with E-state index in [1.165, 1.54) is 0 Å². The predicted molar refractivity (Wildman–Crippen MR) is 83.0 cm³/mol. The zero-order valence-electron chi connectivity index (χ0n) is 14.9. The van der Waals surface area contributed by atoms with E-state index < -0.39 is 31.0 Å². The molecule has 2 fully saturated rings. The Morgan fingerprint density at radius 3 is 2.77 bits per heavy atom. The molecular formula is C16H20ClNO4. The Balaban J connectivity index is 0.00000225. The Labute approximate surface area is 140 Å². The Kier molecular flexibility index (Phi) is 4.17. The quantitative estimate of drug-likeness (QED) is 0.859. The van der Waals surface area contributed by atoms with E-state index in [1.54, 1.807) is 30.3 Å². The lowest BCUT2D eigenvalue weighted by atomic mass is 9.89. The highest BCUT2D eigenvalue weighted by molar-refractivity contribution is 5.89. The minimum Gasteiger partial charge on any atom is -0.469 e. The average Bonchev–Trinajstić information content (AvgIpc) is 2.88. The first kappa shape index (κ1) is 12.9. The minimum atomic E-state index is -2.81. The van der Waals surface area contributed by atoms with Crippen molar-refractivity contribution in [2.75, 3.05) is 7.04 Å². The van der Waals surface area contributed by atoms with Gasteiger partial charge in [-0.05, 0) is 25.0 Å². The lowest BCUT2D eigenvalue weighted by Gasteiger charge is -2.35. The number of esters is 2. The predicted octanol–water partition coefficient (Wildman–Crippen LogP) is 1.95. The summed E-state index contributed by atoms with van der Waals surface area (Å²) < 4.78 is 31.5. The standard InChI is InChI=1S/C16H19NO4.ClH/c1-20-16(19)14-12-8-7-11(17-12)9-13(14)21-15(18)10-5-3-2-4-6-10;/h2-6,11-14,17H,7-9H2,1H3;1H/t11-,12+,13-,14+;/m0./s1/i1D3;. The van der Waals surface area contributed by atoms with Crippen molar-refractivity contribution in [3.8, 4) is 0 Å². The second kappa shape index (κ2) is 7.11. The molecule has 0 unspecified atom stereocenters. The summed E-state index contributed by atoms with van der Waals surface area (Å²) in [6, 6.07) is 8.44. The van der Waals surface area contributed by atoms with Crippen molar-refractivity contribution < 1.29 is 23.2 Å². The van der Waals surface area contributed by atoms with Gasteiger partial charge in [0.15, 0.2) is 0 Å². The highest BCUT2D eigenvalue weighted by Gasteiger charge is 2.47. The van der Waals surface area contributed by atoms with Crippen LogP contribution in [0.5, 0.6) is 0 Å². The molecule has 22 heavy (non-hydrogen) atoms. The summed E-state index contributed by atoms with van der Waals surface area (Å²) in [4.78, 5) is 24.6. The summed E-state index contributed by atoms with van der Waals surface area (Å²) in [7, 11) is -2.81. The van der Waals surface area contributed by atoms with Crippen LogP contribution in [0.2, 0.25) is 0 Å². The maximum absolute atomic E-state index is 12.3. The van der Waals surface area contributed by atoms with Gasteiger partial charge in [0.25, 0.3) is 0 Å². The van der Waals surface area contributed by atoms with Crippen LogP contribution in [0.1, 0.15) is 33.7 Å². The molecule has 2 saturated heterocycles. The molecule has 2 aliphatic rings. The minimum absolute atomic E-state index is 0. The molecule has 0 aromatic heterocycles. The highest BCUT2D eigenvalue weighted by atomic mass is 35.5. The van der Waals surface area contributed by atoms with E-state index in [0.29, 0.717) is 12.0 Å². The Bertz CT molecular complexity index is 626. The van der Waals surface area contributed by atoms with Crippen LogP contribution >= 0.6 is 12.4 Å². The van der Waals surface area contributed by atoms with Crippen molar-refractivity contribution in [3.05, 3.63) is 35.9 Å². The summed E-state index contributed by atoms with van der Waals surface area (Å²) in [6.07, 6.45) is 1.37. The van der Waals surface area contributed by atoms with Gasteiger partial charge in [0, 0.05) is 18.5 Å². The number of methoxy groups -OCH3 is 1. The van der Waals surface area contributed by atoms with Gasteiger partial charge < -0.3 is 14.8 Å². The second-order valence-electron chi connectivity index (χ2n) is 5.54. The number of halogens is 1. The summed E-state index contributed by atoms with van der Waals surface area (Å²) in [5.74, 6) is -2.18. The van der Waals surface area contributed by atoms with Gasteiger partial charge in [0.05, 0.1) is 16.7 Å². The lowest BCUT2D eigenvalue weighted by Crippen LogP contribution is -2.53. The van der Waals surface area contributed by atoms with Crippen molar-refractivity contribution in [2.24, 2.45) is 5.92 Å². The van der Waals surface area contributed by atoms with E-state index >= 15 is 0 Å². The first-order valence-electron chi connectivity index (χ1n) is 8.58. The van der Waals surface area contributed by atoms with Crippen molar-refractivity contribution in [1.82, 2.24) is 5.32 Å². The first-order valence-corrected chi connectivity index (χ1v) is 7.08. The van der Waals surface area contributed by atoms with E-state index in [1.807, 2.05) is 0 Å². The van der Waals surface area contributed by atoms with Gasteiger partial charge in [-0.3, -0.25) is 4.79 Å². The molecular weight excluding hydrogens is 306 g/mol. The van der Waals surface area contributed by atoms with Crippen LogP contribution in [-0.2, 0) is 14.3 Å². The number of fused-ring (bicyclic) bond motifs is 2. The highest BCUT2D eigenvalue weighted by Crippen LogP contribution is 2.34. The molecule has 0 radical (unpaired) electrons. The third-order valence-corrected chi connectivity index (χ3v) is 4.27. The van der Waals surface area contributed by atoms with Crippen molar-refractivity contribution in [1.29, 1.82) is 0 Å². The largest absolute Gasteiger partial charge is 0.469 e. The van der Waals surface area contributed by atoms with Gasteiger partial charge in [0.2, 0.25) is 0 Å². The molecule has 2 aliphatic heterocycles. The fourth-order valence-corrected chi connectivity index (χ4v) is 3.29. The number of nitrogens with one attached hydrogen (secondary N) is 1. The van der Waals surface area contributed by atoms with Gasteiger partial charge in [0.1, 0.15) is 12.0 Å². The number of carbonyl (C=O) groups excluding carboxylic acids is 2. The average molecular weight is 329 g/mol. The number of ether oxygens (including phenoxy) is 2. The molecule has 4 atom stereocenters. The number of rotatable bonds is 3. The van der Waals surface area contributed by atoms with Gasteiger partial charge in [-0.2, -0.15) is 0 Å². The number of piperidine rings is 1. The van der Waals surface area contributed by atoms with Crippen LogP contribution in [0.25, 0.3) is 0 Å². The van der Waals surface area contributed by atoms with Crippen LogP contribution in [0.15, 0.2) is 30.3 Å². The maximum Gasteiger partial charge on any atom is 0.338 e. The van der Waals surface area contributed by atoms with Gasteiger partial charge in [-0.1, -0.05) is 18.2 Å². The van der Waals surface area contributed by atoms with E-state index in [0.717, 1.165) is 12.8 Å². The SMILES string of the molecule is Cl.[2H]C([2H])([2H])OC(=O)[C@H]1[C@@H](OC(=O)c2ccccc2)C[C@@H]2CC[C@H]1N2. The molecule has 2 bridgehead atoms. The monoisotopic (exact) mass is 328 g/mol. The van der Waals surface area contributed by atoms with E-state index in [-0.39, 0.29) is 24.5 Å². The summed E-state index contributed by atoms with van der Waals surface area (Å²) in [6.45, 7) is 0. The summed E-state index contributed by atoms with van der Waals surface area (Å²) >= 11 is 0. The molecule has 0 amide bonds. The van der Waals surface area contributed by atoms with Crippen molar-refractivity contribution in [2.45, 2.75) is 37.5 Å². The van der Waals surface area contributed by atoms with Crippen LogP contribution in [-0.4, -0.2) is 37.2 Å². The van der Waals surface area contributed by atoms with Gasteiger partial charge >= 0.3 is 11.9 Å². The van der Waals surface area contributed by atoms with E-state index in [9.17, 15) is 9.59 Å².